The molecule has 1 heterocycles. The molecule has 116 valence electrons. The van der Waals surface area contributed by atoms with Gasteiger partial charge >= 0.3 is 0 Å². The van der Waals surface area contributed by atoms with E-state index in [-0.39, 0.29) is 24.8 Å². The zero-order valence-electron chi connectivity index (χ0n) is 11.8. The molecule has 0 atom stereocenters. The molecule has 21 heavy (non-hydrogen) atoms. The lowest BCUT2D eigenvalue weighted by atomic mass is 10.2. The minimum absolute atomic E-state index is 0.0414. The number of amides is 1. The van der Waals surface area contributed by atoms with Gasteiger partial charge in [-0.2, -0.15) is 0 Å². The summed E-state index contributed by atoms with van der Waals surface area (Å²) in [5.74, 6) is 0.200. The molecule has 0 fully saturated rings. The average Bonchev–Trinajstić information content (AvgIpc) is 2.39. The Labute approximate surface area is 123 Å². The number of hydrogen-bond donors (Lipinski definition) is 3. The average molecular weight is 314 g/mol. The van der Waals surface area contributed by atoms with Crippen molar-refractivity contribution in [1.29, 1.82) is 0 Å². The molecule has 0 aromatic heterocycles. The molecular formula is C12H18N4O4S. The molecule has 0 radical (unpaired) electrons. The van der Waals surface area contributed by atoms with E-state index >= 15 is 0 Å². The minimum atomic E-state index is -3.27. The van der Waals surface area contributed by atoms with Crippen molar-refractivity contribution in [2.24, 2.45) is 0 Å². The normalized spacial score (nSPS) is 14.3. The van der Waals surface area contributed by atoms with Crippen molar-refractivity contribution in [2.75, 3.05) is 49.4 Å². The Morgan fingerprint density at radius 3 is 2.81 bits per heavy atom. The zero-order valence-corrected chi connectivity index (χ0v) is 12.7. The molecule has 9 heteroatoms. The Morgan fingerprint density at radius 1 is 1.43 bits per heavy atom. The van der Waals surface area contributed by atoms with Crippen LogP contribution in [0, 0.1) is 0 Å². The number of nitrogen functional groups attached to an aromatic ring is 1. The van der Waals surface area contributed by atoms with Crippen LogP contribution in [0.15, 0.2) is 12.1 Å². The predicted octanol–water partition coefficient (Wildman–Crippen LogP) is -0.0970. The first-order valence-corrected chi connectivity index (χ1v) is 7.91. The Morgan fingerprint density at radius 2 is 2.14 bits per heavy atom. The summed E-state index contributed by atoms with van der Waals surface area (Å²) in [6, 6.07) is 3.22. The summed E-state index contributed by atoms with van der Waals surface area (Å²) in [6.07, 6.45) is 0. The molecule has 0 aliphatic carbocycles. The van der Waals surface area contributed by atoms with Gasteiger partial charge in [0.1, 0.15) is 5.75 Å². The molecule has 0 saturated carbocycles. The van der Waals surface area contributed by atoms with E-state index in [4.69, 9.17) is 10.5 Å². The molecule has 1 amide bonds. The number of carbonyl (C=O) groups excluding carboxylic acids is 1. The van der Waals surface area contributed by atoms with Crippen LogP contribution in [0.2, 0.25) is 0 Å². The summed E-state index contributed by atoms with van der Waals surface area (Å²) in [5.41, 5.74) is 7.36. The van der Waals surface area contributed by atoms with E-state index in [2.05, 4.69) is 10.6 Å². The lowest BCUT2D eigenvalue weighted by Gasteiger charge is -2.20. The molecule has 8 nitrogen and oxygen atoms in total. The van der Waals surface area contributed by atoms with E-state index in [1.165, 1.54) is 18.4 Å². The zero-order chi connectivity index (χ0) is 15.6. The van der Waals surface area contributed by atoms with Crippen LogP contribution in [0.25, 0.3) is 0 Å². The third-order valence-electron chi connectivity index (χ3n) is 3.02. The monoisotopic (exact) mass is 314 g/mol. The molecule has 2 rings (SSSR count). The SMILES string of the molecule is CN(C)S(=O)(=O)CCNc1cc2c(cc1N)OCC(=O)N2. The van der Waals surface area contributed by atoms with Crippen LogP contribution in [0.4, 0.5) is 17.1 Å². The Kier molecular flexibility index (Phi) is 4.24. The Hall–Kier alpha value is -2.00. The van der Waals surface area contributed by atoms with Crippen LogP contribution < -0.4 is 21.1 Å². The van der Waals surface area contributed by atoms with Crippen molar-refractivity contribution in [2.45, 2.75) is 0 Å². The highest BCUT2D eigenvalue weighted by atomic mass is 32.2. The van der Waals surface area contributed by atoms with Crippen molar-refractivity contribution >= 4 is 33.0 Å². The van der Waals surface area contributed by atoms with Crippen LogP contribution in [0.5, 0.6) is 5.75 Å². The maximum atomic E-state index is 11.7. The highest BCUT2D eigenvalue weighted by Gasteiger charge is 2.18. The quantitative estimate of drug-likeness (QED) is 0.654. The van der Waals surface area contributed by atoms with E-state index in [0.717, 1.165) is 0 Å². The molecular weight excluding hydrogens is 296 g/mol. The molecule has 0 unspecified atom stereocenters. The molecule has 1 aliphatic heterocycles. The first-order chi connectivity index (χ1) is 9.79. The highest BCUT2D eigenvalue weighted by Crippen LogP contribution is 2.34. The van der Waals surface area contributed by atoms with Crippen molar-refractivity contribution < 1.29 is 17.9 Å². The maximum absolute atomic E-state index is 11.7. The van der Waals surface area contributed by atoms with Gasteiger partial charge in [0, 0.05) is 26.7 Å². The maximum Gasteiger partial charge on any atom is 0.262 e. The first kappa shape index (κ1) is 15.4. The summed E-state index contributed by atoms with van der Waals surface area (Å²) in [6.45, 7) is 0.165. The molecule has 0 spiro atoms. The van der Waals surface area contributed by atoms with Crippen LogP contribution in [-0.4, -0.2) is 51.6 Å². The van der Waals surface area contributed by atoms with Crippen molar-refractivity contribution in [3.63, 3.8) is 0 Å². The van der Waals surface area contributed by atoms with Crippen LogP contribution in [-0.2, 0) is 14.8 Å². The highest BCUT2D eigenvalue weighted by molar-refractivity contribution is 7.89. The summed E-state index contributed by atoms with van der Waals surface area (Å²) in [7, 11) is -0.309. The van der Waals surface area contributed by atoms with E-state index in [1.807, 2.05) is 0 Å². The second-order valence-electron chi connectivity index (χ2n) is 4.80. The molecule has 1 aliphatic rings. The van der Waals surface area contributed by atoms with Gasteiger partial charge in [0.25, 0.3) is 5.91 Å². The fraction of sp³-hybridized carbons (Fsp3) is 0.417. The standard InChI is InChI=1S/C12H18N4O4S/c1-16(2)21(18,19)4-3-14-9-6-10-11(5-8(9)13)20-7-12(17)15-10/h5-6,14H,3-4,7,13H2,1-2H3,(H,15,17). The van der Waals surface area contributed by atoms with Crippen molar-refractivity contribution in [1.82, 2.24) is 4.31 Å². The van der Waals surface area contributed by atoms with E-state index < -0.39 is 10.0 Å². The number of nitrogens with zero attached hydrogens (tertiary/aromatic N) is 1. The van der Waals surface area contributed by atoms with Crippen LogP contribution >= 0.6 is 0 Å². The lowest BCUT2D eigenvalue weighted by molar-refractivity contribution is -0.118. The van der Waals surface area contributed by atoms with E-state index in [9.17, 15) is 13.2 Å². The number of carbonyl (C=O) groups is 1. The second kappa shape index (κ2) is 5.78. The van der Waals surface area contributed by atoms with E-state index in [1.54, 1.807) is 12.1 Å². The number of benzene rings is 1. The summed E-state index contributed by atoms with van der Waals surface area (Å²) < 4.78 is 29.7. The first-order valence-electron chi connectivity index (χ1n) is 6.30. The number of nitrogens with two attached hydrogens (primary N) is 1. The van der Waals surface area contributed by atoms with Gasteiger partial charge < -0.3 is 21.1 Å². The van der Waals surface area contributed by atoms with Gasteiger partial charge in [-0.15, -0.1) is 0 Å². The summed E-state index contributed by atoms with van der Waals surface area (Å²) in [5, 5.41) is 5.62. The van der Waals surface area contributed by atoms with Gasteiger partial charge in [-0.3, -0.25) is 4.79 Å². The molecule has 1 aromatic rings. The number of fused-ring (bicyclic) bond motifs is 1. The second-order valence-corrected chi connectivity index (χ2v) is 7.10. The number of hydrogen-bond acceptors (Lipinski definition) is 6. The Balaban J connectivity index is 2.07. The van der Waals surface area contributed by atoms with Crippen LogP contribution in [0.3, 0.4) is 0 Å². The summed E-state index contributed by atoms with van der Waals surface area (Å²) in [4.78, 5) is 11.3. The predicted molar refractivity (Wildman–Crippen MR) is 80.9 cm³/mol. The van der Waals surface area contributed by atoms with Gasteiger partial charge in [0.15, 0.2) is 6.61 Å². The van der Waals surface area contributed by atoms with Gasteiger partial charge in [0.05, 0.1) is 22.8 Å². The number of ether oxygens (including phenoxy) is 1. The van der Waals surface area contributed by atoms with Gasteiger partial charge in [-0.1, -0.05) is 0 Å². The van der Waals surface area contributed by atoms with Gasteiger partial charge in [-0.25, -0.2) is 12.7 Å². The molecule has 0 bridgehead atoms. The third kappa shape index (κ3) is 3.56. The Bertz CT molecular complexity index is 657. The number of anilines is 3. The number of rotatable bonds is 5. The summed E-state index contributed by atoms with van der Waals surface area (Å²) >= 11 is 0. The van der Waals surface area contributed by atoms with Crippen LogP contribution in [0.1, 0.15) is 0 Å². The smallest absolute Gasteiger partial charge is 0.262 e. The largest absolute Gasteiger partial charge is 0.482 e. The fourth-order valence-corrected chi connectivity index (χ4v) is 2.52. The van der Waals surface area contributed by atoms with Crippen molar-refractivity contribution in [3.8, 4) is 5.75 Å². The van der Waals surface area contributed by atoms with Gasteiger partial charge in [-0.05, 0) is 6.07 Å². The molecule has 4 N–H and O–H groups in total. The topological polar surface area (TPSA) is 114 Å². The fourth-order valence-electron chi connectivity index (χ4n) is 1.79. The van der Waals surface area contributed by atoms with Gasteiger partial charge in [0.2, 0.25) is 10.0 Å². The number of sulfonamides is 1. The lowest BCUT2D eigenvalue weighted by Crippen LogP contribution is -2.28. The molecule has 0 saturated heterocycles. The molecule has 1 aromatic carbocycles. The van der Waals surface area contributed by atoms with Crippen molar-refractivity contribution in [3.05, 3.63) is 12.1 Å². The van der Waals surface area contributed by atoms with E-state index in [0.29, 0.717) is 22.8 Å². The number of nitrogens with one attached hydrogen (secondary N) is 2. The minimum Gasteiger partial charge on any atom is -0.482 e. The third-order valence-corrected chi connectivity index (χ3v) is 4.85.